The number of nitro groups is 1. The zero-order chi connectivity index (χ0) is 14.7. The minimum Gasteiger partial charge on any atom is -0.423 e. The zero-order valence-electron chi connectivity index (χ0n) is 11.1. The Kier molecular flexibility index (Phi) is 3.79. The fourth-order valence-electron chi connectivity index (χ4n) is 1.74. The molecule has 5 heteroatoms. The van der Waals surface area contributed by atoms with Crippen molar-refractivity contribution in [2.75, 3.05) is 0 Å². The SMILES string of the molecule is Cc1cccc(OC(=O)c2cccc([N+](=O)[O-])c2)c1C. The van der Waals surface area contributed by atoms with Gasteiger partial charge in [-0.2, -0.15) is 0 Å². The molecule has 0 unspecified atom stereocenters. The number of hydrogen-bond donors (Lipinski definition) is 0. The van der Waals surface area contributed by atoms with E-state index < -0.39 is 10.9 Å². The van der Waals surface area contributed by atoms with Crippen LogP contribution in [0.25, 0.3) is 0 Å². The number of carbonyl (C=O) groups is 1. The summed E-state index contributed by atoms with van der Waals surface area (Å²) >= 11 is 0. The van der Waals surface area contributed by atoms with E-state index in [-0.39, 0.29) is 11.3 Å². The molecule has 0 N–H and O–H groups in total. The van der Waals surface area contributed by atoms with E-state index in [1.807, 2.05) is 19.9 Å². The standard InChI is InChI=1S/C15H13NO4/c1-10-5-3-8-14(11(10)2)20-15(17)12-6-4-7-13(9-12)16(18)19/h3-9H,1-2H3. The highest BCUT2D eigenvalue weighted by atomic mass is 16.6. The van der Waals surface area contributed by atoms with Gasteiger partial charge in [0.25, 0.3) is 5.69 Å². The van der Waals surface area contributed by atoms with Gasteiger partial charge in [-0.25, -0.2) is 4.79 Å². The highest BCUT2D eigenvalue weighted by molar-refractivity contribution is 5.91. The highest BCUT2D eigenvalue weighted by Crippen LogP contribution is 2.22. The molecule has 0 saturated heterocycles. The summed E-state index contributed by atoms with van der Waals surface area (Å²) in [7, 11) is 0. The topological polar surface area (TPSA) is 69.4 Å². The van der Waals surface area contributed by atoms with Crippen LogP contribution >= 0.6 is 0 Å². The number of non-ortho nitro benzene ring substituents is 1. The highest BCUT2D eigenvalue weighted by Gasteiger charge is 2.14. The molecule has 20 heavy (non-hydrogen) atoms. The van der Waals surface area contributed by atoms with Crippen LogP contribution < -0.4 is 4.74 Å². The van der Waals surface area contributed by atoms with Gasteiger partial charge < -0.3 is 4.74 Å². The van der Waals surface area contributed by atoms with Gasteiger partial charge in [0.1, 0.15) is 5.75 Å². The maximum atomic E-state index is 12.0. The number of carbonyl (C=O) groups excluding carboxylic acids is 1. The van der Waals surface area contributed by atoms with E-state index in [4.69, 9.17) is 4.74 Å². The monoisotopic (exact) mass is 271 g/mol. The quantitative estimate of drug-likeness (QED) is 0.371. The number of hydrogen-bond acceptors (Lipinski definition) is 4. The van der Waals surface area contributed by atoms with Crippen LogP contribution in [-0.4, -0.2) is 10.9 Å². The molecule has 0 saturated carbocycles. The number of nitro benzene ring substituents is 1. The van der Waals surface area contributed by atoms with Crippen molar-refractivity contribution in [1.29, 1.82) is 0 Å². The number of esters is 1. The van der Waals surface area contributed by atoms with Crippen LogP contribution in [-0.2, 0) is 0 Å². The number of benzene rings is 2. The first kappa shape index (κ1) is 13.7. The summed E-state index contributed by atoms with van der Waals surface area (Å²) in [6, 6.07) is 10.9. The van der Waals surface area contributed by atoms with Crippen LogP contribution in [0.3, 0.4) is 0 Å². The van der Waals surface area contributed by atoms with E-state index >= 15 is 0 Å². The van der Waals surface area contributed by atoms with Gasteiger partial charge in [-0.1, -0.05) is 18.2 Å². The number of rotatable bonds is 3. The minimum atomic E-state index is -0.609. The molecule has 0 radical (unpaired) electrons. The van der Waals surface area contributed by atoms with Crippen molar-refractivity contribution >= 4 is 11.7 Å². The Morgan fingerprint density at radius 1 is 1.15 bits per heavy atom. The Bertz CT molecular complexity index is 679. The second-order valence-corrected chi connectivity index (χ2v) is 4.40. The van der Waals surface area contributed by atoms with E-state index in [0.29, 0.717) is 5.75 Å². The summed E-state index contributed by atoms with van der Waals surface area (Å²) in [5.41, 5.74) is 1.89. The third-order valence-electron chi connectivity index (χ3n) is 3.05. The smallest absolute Gasteiger partial charge is 0.343 e. The van der Waals surface area contributed by atoms with E-state index in [0.717, 1.165) is 11.1 Å². The van der Waals surface area contributed by atoms with E-state index in [1.165, 1.54) is 24.3 Å². The summed E-state index contributed by atoms with van der Waals surface area (Å²) in [5, 5.41) is 10.7. The number of nitrogens with zero attached hydrogens (tertiary/aromatic N) is 1. The summed E-state index contributed by atoms with van der Waals surface area (Å²) in [6.45, 7) is 3.77. The predicted octanol–water partition coefficient (Wildman–Crippen LogP) is 3.43. The van der Waals surface area contributed by atoms with Gasteiger partial charge in [0, 0.05) is 12.1 Å². The molecule has 0 spiro atoms. The fourth-order valence-corrected chi connectivity index (χ4v) is 1.74. The van der Waals surface area contributed by atoms with Crippen LogP contribution in [0.5, 0.6) is 5.75 Å². The molecule has 0 aliphatic carbocycles. The average Bonchev–Trinajstić information content (AvgIpc) is 2.44. The second kappa shape index (κ2) is 5.52. The molecule has 0 aliphatic heterocycles. The maximum Gasteiger partial charge on any atom is 0.343 e. The summed E-state index contributed by atoms with van der Waals surface area (Å²) in [4.78, 5) is 22.1. The molecular weight excluding hydrogens is 258 g/mol. The Morgan fingerprint density at radius 2 is 1.85 bits per heavy atom. The van der Waals surface area contributed by atoms with Crippen molar-refractivity contribution < 1.29 is 14.5 Å². The fraction of sp³-hybridized carbons (Fsp3) is 0.133. The first-order valence-electron chi connectivity index (χ1n) is 6.02. The summed E-state index contributed by atoms with van der Waals surface area (Å²) < 4.78 is 5.29. The first-order chi connectivity index (χ1) is 9.49. The molecule has 2 aromatic rings. The second-order valence-electron chi connectivity index (χ2n) is 4.40. The Morgan fingerprint density at radius 3 is 2.55 bits per heavy atom. The molecule has 2 rings (SSSR count). The van der Waals surface area contributed by atoms with Crippen LogP contribution in [0.4, 0.5) is 5.69 Å². The van der Waals surface area contributed by atoms with Gasteiger partial charge in [0.15, 0.2) is 0 Å². The summed E-state index contributed by atoms with van der Waals surface area (Å²) in [5.74, 6) is -0.149. The number of aryl methyl sites for hydroxylation is 1. The van der Waals surface area contributed by atoms with E-state index in [1.54, 1.807) is 12.1 Å². The third kappa shape index (κ3) is 2.83. The Hall–Kier alpha value is -2.69. The largest absolute Gasteiger partial charge is 0.423 e. The van der Waals surface area contributed by atoms with Crippen molar-refractivity contribution in [3.63, 3.8) is 0 Å². The van der Waals surface area contributed by atoms with Gasteiger partial charge in [-0.3, -0.25) is 10.1 Å². The van der Waals surface area contributed by atoms with Crippen LogP contribution in [0.2, 0.25) is 0 Å². The van der Waals surface area contributed by atoms with Crippen molar-refractivity contribution in [2.24, 2.45) is 0 Å². The van der Waals surface area contributed by atoms with Crippen molar-refractivity contribution in [3.8, 4) is 5.75 Å². The molecule has 0 fully saturated rings. The van der Waals surface area contributed by atoms with Crippen LogP contribution in [0, 0.1) is 24.0 Å². The Labute approximate surface area is 116 Å². The molecule has 2 aromatic carbocycles. The van der Waals surface area contributed by atoms with E-state index in [2.05, 4.69) is 0 Å². The van der Waals surface area contributed by atoms with Crippen LogP contribution in [0.15, 0.2) is 42.5 Å². The lowest BCUT2D eigenvalue weighted by Gasteiger charge is -2.09. The van der Waals surface area contributed by atoms with Crippen LogP contribution in [0.1, 0.15) is 21.5 Å². The maximum absolute atomic E-state index is 12.0. The average molecular weight is 271 g/mol. The van der Waals surface area contributed by atoms with Gasteiger partial charge in [0.05, 0.1) is 10.5 Å². The molecule has 5 nitrogen and oxygen atoms in total. The number of ether oxygens (including phenoxy) is 1. The lowest BCUT2D eigenvalue weighted by molar-refractivity contribution is -0.384. The van der Waals surface area contributed by atoms with Gasteiger partial charge in [0.2, 0.25) is 0 Å². The van der Waals surface area contributed by atoms with E-state index in [9.17, 15) is 14.9 Å². The molecule has 102 valence electrons. The van der Waals surface area contributed by atoms with Crippen molar-refractivity contribution in [1.82, 2.24) is 0 Å². The van der Waals surface area contributed by atoms with Crippen molar-refractivity contribution in [3.05, 3.63) is 69.3 Å². The Balaban J connectivity index is 2.26. The molecule has 0 amide bonds. The van der Waals surface area contributed by atoms with Gasteiger partial charge >= 0.3 is 5.97 Å². The lowest BCUT2D eigenvalue weighted by atomic mass is 10.1. The summed E-state index contributed by atoms with van der Waals surface area (Å²) in [6.07, 6.45) is 0. The van der Waals surface area contributed by atoms with Gasteiger partial charge in [-0.05, 0) is 37.1 Å². The molecule has 0 atom stereocenters. The molecule has 0 aromatic heterocycles. The molecular formula is C15H13NO4. The van der Waals surface area contributed by atoms with Gasteiger partial charge in [-0.15, -0.1) is 0 Å². The molecule has 0 aliphatic rings. The molecule has 0 heterocycles. The lowest BCUT2D eigenvalue weighted by Crippen LogP contribution is -2.09. The normalized spacial score (nSPS) is 10.1. The predicted molar refractivity (Wildman–Crippen MR) is 74.0 cm³/mol. The third-order valence-corrected chi connectivity index (χ3v) is 3.05. The van der Waals surface area contributed by atoms with Crippen molar-refractivity contribution in [2.45, 2.75) is 13.8 Å². The zero-order valence-corrected chi connectivity index (χ0v) is 11.1. The minimum absolute atomic E-state index is 0.139. The first-order valence-corrected chi connectivity index (χ1v) is 6.02. The molecule has 0 bridgehead atoms.